The second-order valence-electron chi connectivity index (χ2n) is 6.06. The van der Waals surface area contributed by atoms with Crippen molar-refractivity contribution in [3.63, 3.8) is 0 Å². The number of nitrogens with two attached hydrogens (primary N) is 1. The fourth-order valence-electron chi connectivity index (χ4n) is 2.97. The van der Waals surface area contributed by atoms with Crippen LogP contribution < -0.4 is 10.5 Å². The van der Waals surface area contributed by atoms with Crippen LogP contribution in [0.3, 0.4) is 0 Å². The summed E-state index contributed by atoms with van der Waals surface area (Å²) in [7, 11) is 0. The predicted octanol–water partition coefficient (Wildman–Crippen LogP) is 3.19. The van der Waals surface area contributed by atoms with Crippen molar-refractivity contribution in [2.45, 2.75) is 32.0 Å². The molecule has 1 saturated heterocycles. The van der Waals surface area contributed by atoms with Crippen molar-refractivity contribution in [3.8, 4) is 5.75 Å². The molecule has 2 N–H and O–H groups in total. The molecule has 3 nitrogen and oxygen atoms in total. The zero-order valence-corrected chi connectivity index (χ0v) is 12.9. The Morgan fingerprint density at radius 2 is 1.86 bits per heavy atom. The zero-order chi connectivity index (χ0) is 15.2. The monoisotopic (exact) mass is 296 g/mol. The third kappa shape index (κ3) is 4.33. The van der Waals surface area contributed by atoms with Crippen molar-refractivity contribution in [2.75, 3.05) is 13.1 Å². The number of hydrogen-bond acceptors (Lipinski definition) is 3. The van der Waals surface area contributed by atoms with Crippen LogP contribution in [0.4, 0.5) is 0 Å². The largest absolute Gasteiger partial charge is 0.489 e. The lowest BCUT2D eigenvalue weighted by atomic mass is 10.1. The summed E-state index contributed by atoms with van der Waals surface area (Å²) in [5, 5.41) is 0. The Morgan fingerprint density at radius 1 is 1.05 bits per heavy atom. The van der Waals surface area contributed by atoms with E-state index < -0.39 is 0 Å². The van der Waals surface area contributed by atoms with Crippen molar-refractivity contribution in [1.82, 2.24) is 4.90 Å². The van der Waals surface area contributed by atoms with Gasteiger partial charge in [-0.15, -0.1) is 0 Å². The molecule has 1 atom stereocenters. The maximum Gasteiger partial charge on any atom is 0.120 e. The highest BCUT2D eigenvalue weighted by atomic mass is 16.5. The van der Waals surface area contributed by atoms with Crippen LogP contribution in [0.5, 0.6) is 5.75 Å². The number of nitrogens with zero attached hydrogens (tertiary/aromatic N) is 1. The van der Waals surface area contributed by atoms with E-state index in [4.69, 9.17) is 10.5 Å². The van der Waals surface area contributed by atoms with Crippen molar-refractivity contribution < 1.29 is 4.74 Å². The normalized spacial score (nSPS) is 19.0. The summed E-state index contributed by atoms with van der Waals surface area (Å²) in [4.78, 5) is 2.43. The molecule has 116 valence electrons. The van der Waals surface area contributed by atoms with Crippen LogP contribution in [-0.2, 0) is 13.2 Å². The van der Waals surface area contributed by atoms with Gasteiger partial charge < -0.3 is 10.5 Å². The van der Waals surface area contributed by atoms with Gasteiger partial charge in [-0.25, -0.2) is 0 Å². The first kappa shape index (κ1) is 15.1. The lowest BCUT2D eigenvalue weighted by Gasteiger charge is -2.30. The Morgan fingerprint density at radius 3 is 2.68 bits per heavy atom. The van der Waals surface area contributed by atoms with E-state index in [9.17, 15) is 0 Å². The molecule has 0 aromatic heterocycles. The summed E-state index contributed by atoms with van der Waals surface area (Å²) in [6, 6.07) is 19.0. The molecule has 3 heteroatoms. The lowest BCUT2D eigenvalue weighted by molar-refractivity contribution is 0.201. The first-order valence-electron chi connectivity index (χ1n) is 8.03. The van der Waals surface area contributed by atoms with Crippen LogP contribution in [0.15, 0.2) is 54.6 Å². The van der Waals surface area contributed by atoms with E-state index in [0.29, 0.717) is 12.6 Å². The predicted molar refractivity (Wildman–Crippen MR) is 89.7 cm³/mol. The molecule has 1 aliphatic heterocycles. The molecule has 1 unspecified atom stereocenters. The minimum absolute atomic E-state index is 0.325. The highest BCUT2D eigenvalue weighted by Crippen LogP contribution is 2.18. The minimum atomic E-state index is 0.325. The van der Waals surface area contributed by atoms with Crippen molar-refractivity contribution in [3.05, 3.63) is 65.7 Å². The highest BCUT2D eigenvalue weighted by molar-refractivity contribution is 5.29. The Hall–Kier alpha value is -1.84. The first-order valence-corrected chi connectivity index (χ1v) is 8.03. The van der Waals surface area contributed by atoms with Gasteiger partial charge in [-0.3, -0.25) is 4.90 Å². The van der Waals surface area contributed by atoms with Crippen molar-refractivity contribution in [2.24, 2.45) is 5.73 Å². The summed E-state index contributed by atoms with van der Waals surface area (Å²) in [5.74, 6) is 0.933. The summed E-state index contributed by atoms with van der Waals surface area (Å²) in [6.07, 6.45) is 2.35. The fourth-order valence-corrected chi connectivity index (χ4v) is 2.97. The van der Waals surface area contributed by atoms with E-state index in [1.807, 2.05) is 24.3 Å². The molecule has 1 aliphatic rings. The van der Waals surface area contributed by atoms with Gasteiger partial charge >= 0.3 is 0 Å². The van der Waals surface area contributed by atoms with Crippen LogP contribution in [0.2, 0.25) is 0 Å². The van der Waals surface area contributed by atoms with E-state index in [2.05, 4.69) is 35.2 Å². The number of hydrogen-bond donors (Lipinski definition) is 1. The van der Waals surface area contributed by atoms with Gasteiger partial charge in [-0.05, 0) is 42.6 Å². The maximum atomic E-state index is 6.05. The average Bonchev–Trinajstić information content (AvgIpc) is 2.54. The Balaban J connectivity index is 1.57. The molecular weight excluding hydrogens is 272 g/mol. The van der Waals surface area contributed by atoms with E-state index in [0.717, 1.165) is 31.8 Å². The van der Waals surface area contributed by atoms with Gasteiger partial charge in [0.15, 0.2) is 0 Å². The molecule has 2 aromatic carbocycles. The van der Waals surface area contributed by atoms with E-state index >= 15 is 0 Å². The smallest absolute Gasteiger partial charge is 0.120 e. The molecule has 22 heavy (non-hydrogen) atoms. The molecule has 2 aromatic rings. The topological polar surface area (TPSA) is 38.5 Å². The molecule has 3 rings (SSSR count). The van der Waals surface area contributed by atoms with Crippen molar-refractivity contribution >= 4 is 0 Å². The number of likely N-dealkylation sites (tertiary alicyclic amines) is 1. The summed E-state index contributed by atoms with van der Waals surface area (Å²) in [5.41, 5.74) is 8.54. The second-order valence-corrected chi connectivity index (χ2v) is 6.06. The van der Waals surface area contributed by atoms with E-state index in [1.54, 1.807) is 0 Å². The quantitative estimate of drug-likeness (QED) is 0.921. The molecule has 0 amide bonds. The molecule has 0 radical (unpaired) electrons. The SMILES string of the molecule is NC1CCCN(Cc2cccc(OCc3ccccc3)c2)C1. The van der Waals surface area contributed by atoms with E-state index in [1.165, 1.54) is 17.5 Å². The first-order chi connectivity index (χ1) is 10.8. The second kappa shape index (κ2) is 7.43. The number of ether oxygens (including phenoxy) is 1. The third-order valence-electron chi connectivity index (χ3n) is 4.09. The van der Waals surface area contributed by atoms with E-state index in [-0.39, 0.29) is 0 Å². The molecule has 0 aliphatic carbocycles. The minimum Gasteiger partial charge on any atom is -0.489 e. The van der Waals surface area contributed by atoms with Gasteiger partial charge in [-0.1, -0.05) is 42.5 Å². The molecule has 1 fully saturated rings. The maximum absolute atomic E-state index is 6.05. The lowest BCUT2D eigenvalue weighted by Crippen LogP contribution is -2.42. The molecule has 1 heterocycles. The van der Waals surface area contributed by atoms with Crippen LogP contribution >= 0.6 is 0 Å². The molecule has 0 saturated carbocycles. The van der Waals surface area contributed by atoms with Gasteiger partial charge in [0.2, 0.25) is 0 Å². The molecule has 0 bridgehead atoms. The van der Waals surface area contributed by atoms with Gasteiger partial charge in [0.1, 0.15) is 12.4 Å². The number of rotatable bonds is 5. The van der Waals surface area contributed by atoms with Gasteiger partial charge in [0.05, 0.1) is 0 Å². The zero-order valence-electron chi connectivity index (χ0n) is 12.9. The van der Waals surface area contributed by atoms with Gasteiger partial charge in [-0.2, -0.15) is 0 Å². The number of benzene rings is 2. The van der Waals surface area contributed by atoms with Crippen LogP contribution in [0, 0.1) is 0 Å². The summed E-state index contributed by atoms with van der Waals surface area (Å²) < 4.78 is 5.90. The highest BCUT2D eigenvalue weighted by Gasteiger charge is 2.16. The Kier molecular flexibility index (Phi) is 5.09. The number of piperidine rings is 1. The van der Waals surface area contributed by atoms with Crippen LogP contribution in [0.25, 0.3) is 0 Å². The Bertz CT molecular complexity index is 585. The standard InChI is InChI=1S/C19H24N2O/c20-18-9-5-11-21(14-18)13-17-8-4-10-19(12-17)22-15-16-6-2-1-3-7-16/h1-4,6-8,10,12,18H,5,9,11,13-15,20H2. The molecular formula is C19H24N2O. The van der Waals surface area contributed by atoms with Crippen molar-refractivity contribution in [1.29, 1.82) is 0 Å². The Labute approximate surface area is 132 Å². The van der Waals surface area contributed by atoms with Gasteiger partial charge in [0, 0.05) is 19.1 Å². The third-order valence-corrected chi connectivity index (χ3v) is 4.09. The average molecular weight is 296 g/mol. The molecule has 0 spiro atoms. The van der Waals surface area contributed by atoms with Gasteiger partial charge in [0.25, 0.3) is 0 Å². The fraction of sp³-hybridized carbons (Fsp3) is 0.368. The van der Waals surface area contributed by atoms with Crippen LogP contribution in [0.1, 0.15) is 24.0 Å². The summed E-state index contributed by atoms with van der Waals surface area (Å²) in [6.45, 7) is 3.70. The van der Waals surface area contributed by atoms with Crippen LogP contribution in [-0.4, -0.2) is 24.0 Å². The summed E-state index contributed by atoms with van der Waals surface area (Å²) >= 11 is 0.